The predicted molar refractivity (Wildman–Crippen MR) is 66.0 cm³/mol. The molecule has 0 heterocycles. The fraction of sp³-hybridized carbons (Fsp3) is 1.00. The molecule has 90 valence electrons. The molecule has 15 heavy (non-hydrogen) atoms. The number of likely N-dealkylation sites (N-methyl/N-ethyl adjacent to an activating group) is 1. The minimum Gasteiger partial charge on any atom is -0.329 e. The second kappa shape index (κ2) is 7.20. The zero-order valence-electron chi connectivity index (χ0n) is 10.3. The van der Waals surface area contributed by atoms with Gasteiger partial charge in [0.1, 0.15) is 0 Å². The molecule has 1 fully saturated rings. The summed E-state index contributed by atoms with van der Waals surface area (Å²) >= 11 is 0. The number of nitrogens with two attached hydrogens (primary N) is 1. The maximum absolute atomic E-state index is 5.79. The Balaban J connectivity index is 2.10. The van der Waals surface area contributed by atoms with Crippen LogP contribution >= 0.6 is 0 Å². The first kappa shape index (κ1) is 12.9. The van der Waals surface area contributed by atoms with Crippen LogP contribution in [0.1, 0.15) is 33.1 Å². The van der Waals surface area contributed by atoms with E-state index in [1.165, 1.54) is 19.3 Å². The molecule has 0 amide bonds. The van der Waals surface area contributed by atoms with E-state index >= 15 is 0 Å². The predicted octanol–water partition coefficient (Wildman–Crippen LogP) is 1.05. The summed E-state index contributed by atoms with van der Waals surface area (Å²) < 4.78 is 0. The highest BCUT2D eigenvalue weighted by Gasteiger charge is 2.25. The fourth-order valence-electron chi connectivity index (χ4n) is 2.23. The molecule has 0 aliphatic heterocycles. The Morgan fingerprint density at radius 3 is 2.40 bits per heavy atom. The largest absolute Gasteiger partial charge is 0.329 e. The molecule has 0 spiro atoms. The van der Waals surface area contributed by atoms with Gasteiger partial charge in [-0.3, -0.25) is 0 Å². The molecule has 3 nitrogen and oxygen atoms in total. The molecule has 1 unspecified atom stereocenters. The number of rotatable bonds is 8. The van der Waals surface area contributed by atoms with Gasteiger partial charge in [0.15, 0.2) is 0 Å². The van der Waals surface area contributed by atoms with Crippen molar-refractivity contribution in [1.82, 2.24) is 10.2 Å². The lowest BCUT2D eigenvalue weighted by Crippen LogP contribution is -2.47. The van der Waals surface area contributed by atoms with Crippen LogP contribution in [0.5, 0.6) is 0 Å². The average molecular weight is 213 g/mol. The summed E-state index contributed by atoms with van der Waals surface area (Å²) in [5.74, 6) is 0.853. The van der Waals surface area contributed by atoms with Crippen LogP contribution in [0.4, 0.5) is 0 Å². The van der Waals surface area contributed by atoms with Crippen LogP contribution in [0.25, 0.3) is 0 Å². The Labute approximate surface area is 94.4 Å². The van der Waals surface area contributed by atoms with Crippen molar-refractivity contribution in [3.05, 3.63) is 0 Å². The maximum atomic E-state index is 5.79. The third-order valence-corrected chi connectivity index (χ3v) is 3.70. The third-order valence-electron chi connectivity index (χ3n) is 3.70. The summed E-state index contributed by atoms with van der Waals surface area (Å²) in [7, 11) is 0. The van der Waals surface area contributed by atoms with Crippen molar-refractivity contribution in [1.29, 1.82) is 0 Å². The molecular weight excluding hydrogens is 186 g/mol. The zero-order valence-corrected chi connectivity index (χ0v) is 10.3. The first-order valence-corrected chi connectivity index (χ1v) is 6.47. The van der Waals surface area contributed by atoms with E-state index in [1.54, 1.807) is 0 Å². The van der Waals surface area contributed by atoms with Crippen molar-refractivity contribution in [2.45, 2.75) is 39.2 Å². The third kappa shape index (κ3) is 4.09. The quantitative estimate of drug-likeness (QED) is 0.633. The topological polar surface area (TPSA) is 41.3 Å². The highest BCUT2D eigenvalue weighted by atomic mass is 15.1. The SMILES string of the molecule is CCN(CC)CCNC(CN)C1CCC1. The van der Waals surface area contributed by atoms with Crippen LogP contribution in [0, 0.1) is 5.92 Å². The van der Waals surface area contributed by atoms with Gasteiger partial charge < -0.3 is 16.0 Å². The number of hydrogen-bond acceptors (Lipinski definition) is 3. The lowest BCUT2D eigenvalue weighted by Gasteiger charge is -2.34. The van der Waals surface area contributed by atoms with Gasteiger partial charge in [-0.15, -0.1) is 0 Å². The van der Waals surface area contributed by atoms with Crippen molar-refractivity contribution in [3.63, 3.8) is 0 Å². The molecule has 1 aliphatic rings. The molecule has 0 saturated heterocycles. The first-order chi connectivity index (χ1) is 7.31. The highest BCUT2D eigenvalue weighted by Crippen LogP contribution is 2.28. The van der Waals surface area contributed by atoms with E-state index in [-0.39, 0.29) is 0 Å². The van der Waals surface area contributed by atoms with Crippen molar-refractivity contribution in [2.75, 3.05) is 32.7 Å². The van der Waals surface area contributed by atoms with Gasteiger partial charge in [-0.05, 0) is 31.8 Å². The molecule has 1 saturated carbocycles. The summed E-state index contributed by atoms with van der Waals surface area (Å²) in [4.78, 5) is 2.45. The molecule has 3 N–H and O–H groups in total. The molecule has 0 aromatic carbocycles. The van der Waals surface area contributed by atoms with Gasteiger partial charge in [0.2, 0.25) is 0 Å². The Bertz CT molecular complexity index is 153. The number of hydrogen-bond donors (Lipinski definition) is 2. The highest BCUT2D eigenvalue weighted by molar-refractivity contribution is 4.83. The molecule has 0 bridgehead atoms. The second-order valence-electron chi connectivity index (χ2n) is 4.51. The van der Waals surface area contributed by atoms with Gasteiger partial charge in [0.25, 0.3) is 0 Å². The van der Waals surface area contributed by atoms with Crippen LogP contribution in [-0.4, -0.2) is 43.7 Å². The van der Waals surface area contributed by atoms with Crippen molar-refractivity contribution >= 4 is 0 Å². The Morgan fingerprint density at radius 2 is 2.00 bits per heavy atom. The Morgan fingerprint density at radius 1 is 1.33 bits per heavy atom. The van der Waals surface area contributed by atoms with Crippen molar-refractivity contribution in [3.8, 4) is 0 Å². The summed E-state index contributed by atoms with van der Waals surface area (Å²) in [5, 5.41) is 3.60. The normalized spacial score (nSPS) is 19.2. The number of nitrogens with one attached hydrogen (secondary N) is 1. The van der Waals surface area contributed by atoms with Gasteiger partial charge >= 0.3 is 0 Å². The smallest absolute Gasteiger partial charge is 0.0219 e. The molecular formula is C12H27N3. The Hall–Kier alpha value is -0.120. The molecule has 0 aromatic rings. The number of nitrogens with zero attached hydrogens (tertiary/aromatic N) is 1. The molecule has 1 atom stereocenters. The van der Waals surface area contributed by atoms with Crippen LogP contribution in [0.3, 0.4) is 0 Å². The first-order valence-electron chi connectivity index (χ1n) is 6.47. The summed E-state index contributed by atoms with van der Waals surface area (Å²) in [6, 6.07) is 0.564. The van der Waals surface area contributed by atoms with Crippen LogP contribution < -0.4 is 11.1 Å². The monoisotopic (exact) mass is 213 g/mol. The van der Waals surface area contributed by atoms with Crippen LogP contribution in [0.15, 0.2) is 0 Å². The van der Waals surface area contributed by atoms with Crippen LogP contribution in [-0.2, 0) is 0 Å². The standard InChI is InChI=1S/C12H27N3/c1-3-15(4-2)9-8-14-12(10-13)11-6-5-7-11/h11-12,14H,3-10,13H2,1-2H3. The maximum Gasteiger partial charge on any atom is 0.0219 e. The minimum absolute atomic E-state index is 0.564. The zero-order chi connectivity index (χ0) is 11.1. The van der Waals surface area contributed by atoms with E-state index in [4.69, 9.17) is 5.73 Å². The van der Waals surface area contributed by atoms with E-state index < -0.39 is 0 Å². The summed E-state index contributed by atoms with van der Waals surface area (Å²) in [6.07, 6.45) is 4.15. The van der Waals surface area contributed by atoms with Crippen LogP contribution in [0.2, 0.25) is 0 Å². The molecule has 0 aromatic heterocycles. The lowest BCUT2D eigenvalue weighted by atomic mass is 9.80. The van der Waals surface area contributed by atoms with E-state index in [9.17, 15) is 0 Å². The van der Waals surface area contributed by atoms with Gasteiger partial charge in [-0.25, -0.2) is 0 Å². The molecule has 3 heteroatoms. The molecule has 0 radical (unpaired) electrons. The molecule has 1 aliphatic carbocycles. The Kier molecular flexibility index (Phi) is 6.22. The lowest BCUT2D eigenvalue weighted by molar-refractivity contribution is 0.221. The van der Waals surface area contributed by atoms with Crippen molar-refractivity contribution in [2.24, 2.45) is 11.7 Å². The van der Waals surface area contributed by atoms with Gasteiger partial charge in [0, 0.05) is 25.7 Å². The summed E-state index contributed by atoms with van der Waals surface area (Å²) in [5.41, 5.74) is 5.79. The van der Waals surface area contributed by atoms with E-state index in [2.05, 4.69) is 24.1 Å². The van der Waals surface area contributed by atoms with Gasteiger partial charge in [-0.1, -0.05) is 20.3 Å². The van der Waals surface area contributed by atoms with E-state index in [0.29, 0.717) is 6.04 Å². The second-order valence-corrected chi connectivity index (χ2v) is 4.51. The van der Waals surface area contributed by atoms with Gasteiger partial charge in [0.05, 0.1) is 0 Å². The average Bonchev–Trinajstić information content (AvgIpc) is 2.20. The van der Waals surface area contributed by atoms with Crippen molar-refractivity contribution < 1.29 is 0 Å². The fourth-order valence-corrected chi connectivity index (χ4v) is 2.23. The van der Waals surface area contributed by atoms with E-state index in [1.807, 2.05) is 0 Å². The van der Waals surface area contributed by atoms with Gasteiger partial charge in [-0.2, -0.15) is 0 Å². The van der Waals surface area contributed by atoms with E-state index in [0.717, 1.165) is 38.6 Å². The summed E-state index contributed by atoms with van der Waals surface area (Å²) in [6.45, 7) is 9.76. The molecule has 1 rings (SSSR count). The minimum atomic E-state index is 0.564.